The normalized spacial score (nSPS) is 13.9. The van der Waals surface area contributed by atoms with Crippen LogP contribution in [0.1, 0.15) is 32.4 Å². The minimum absolute atomic E-state index is 0.220. The van der Waals surface area contributed by atoms with E-state index in [0.29, 0.717) is 5.56 Å². The molecule has 0 saturated heterocycles. The molecular weight excluding hydrogens is 195 g/mol. The summed E-state index contributed by atoms with van der Waals surface area (Å²) >= 11 is 0. The molecule has 1 atom stereocenters. The molecule has 4 heteroatoms. The Labute approximate surface area is 88.9 Å². The van der Waals surface area contributed by atoms with Crippen molar-refractivity contribution in [3.8, 4) is 5.75 Å². The fourth-order valence-corrected chi connectivity index (χ4v) is 1.32. The minimum atomic E-state index is -0.627. The van der Waals surface area contributed by atoms with Crippen LogP contribution in [-0.4, -0.2) is 5.11 Å². The molecule has 0 fully saturated rings. The van der Waals surface area contributed by atoms with Gasteiger partial charge in [-0.25, -0.2) is 4.39 Å². The predicted molar refractivity (Wildman–Crippen MR) is 58.9 cm³/mol. The van der Waals surface area contributed by atoms with Crippen molar-refractivity contribution < 1.29 is 9.50 Å². The van der Waals surface area contributed by atoms with Crippen LogP contribution in [0.4, 0.5) is 10.1 Å². The van der Waals surface area contributed by atoms with Gasteiger partial charge in [0.1, 0.15) is 17.3 Å². The number of phenols is 1. The van der Waals surface area contributed by atoms with Crippen molar-refractivity contribution in [3.05, 3.63) is 23.5 Å². The highest BCUT2D eigenvalue weighted by Gasteiger charge is 2.26. The van der Waals surface area contributed by atoms with Crippen LogP contribution in [0.3, 0.4) is 0 Å². The summed E-state index contributed by atoms with van der Waals surface area (Å²) in [4.78, 5) is 0. The Hall–Kier alpha value is -1.29. The average molecular weight is 212 g/mol. The number of nitrogens with two attached hydrogens (primary N) is 2. The summed E-state index contributed by atoms with van der Waals surface area (Å²) < 4.78 is 13.0. The van der Waals surface area contributed by atoms with E-state index < -0.39 is 5.82 Å². The van der Waals surface area contributed by atoms with E-state index in [4.69, 9.17) is 11.5 Å². The van der Waals surface area contributed by atoms with E-state index >= 15 is 0 Å². The molecular formula is C11H17FN2O. The third-order valence-electron chi connectivity index (χ3n) is 2.46. The van der Waals surface area contributed by atoms with Gasteiger partial charge in [0.05, 0.1) is 0 Å². The summed E-state index contributed by atoms with van der Waals surface area (Å²) in [5.41, 5.74) is 11.3. The fraction of sp³-hybridized carbons (Fsp3) is 0.455. The van der Waals surface area contributed by atoms with E-state index in [-0.39, 0.29) is 22.9 Å². The molecule has 5 N–H and O–H groups in total. The number of nitrogen functional groups attached to an aromatic ring is 1. The first-order valence-electron chi connectivity index (χ1n) is 4.77. The lowest BCUT2D eigenvalue weighted by atomic mass is 9.82. The molecule has 0 aliphatic rings. The first kappa shape index (κ1) is 11.8. The maximum absolute atomic E-state index is 13.0. The molecule has 1 aromatic carbocycles. The van der Waals surface area contributed by atoms with Gasteiger partial charge in [-0.05, 0) is 11.5 Å². The zero-order valence-corrected chi connectivity index (χ0v) is 9.21. The molecule has 0 aromatic heterocycles. The summed E-state index contributed by atoms with van der Waals surface area (Å²) in [6.07, 6.45) is 0. The van der Waals surface area contributed by atoms with Gasteiger partial charge < -0.3 is 16.6 Å². The molecule has 1 aromatic rings. The number of anilines is 1. The molecule has 0 aliphatic carbocycles. The van der Waals surface area contributed by atoms with Crippen molar-refractivity contribution in [3.63, 3.8) is 0 Å². The van der Waals surface area contributed by atoms with Crippen molar-refractivity contribution in [2.45, 2.75) is 26.8 Å². The van der Waals surface area contributed by atoms with Crippen molar-refractivity contribution in [2.24, 2.45) is 11.1 Å². The number of phenolic OH excluding ortho intramolecular Hbond substituents is 1. The quantitative estimate of drug-likeness (QED) is 0.493. The maximum Gasteiger partial charge on any atom is 0.149 e. The average Bonchev–Trinajstić information content (AvgIpc) is 2.12. The number of aromatic hydroxyl groups is 1. The lowest BCUT2D eigenvalue weighted by molar-refractivity contribution is 0.317. The summed E-state index contributed by atoms with van der Waals surface area (Å²) in [5.74, 6) is -0.880. The van der Waals surface area contributed by atoms with Gasteiger partial charge in [-0.15, -0.1) is 0 Å². The molecule has 84 valence electrons. The van der Waals surface area contributed by atoms with Crippen molar-refractivity contribution in [1.29, 1.82) is 0 Å². The van der Waals surface area contributed by atoms with E-state index in [1.54, 1.807) is 0 Å². The van der Waals surface area contributed by atoms with Gasteiger partial charge in [-0.3, -0.25) is 0 Å². The zero-order valence-electron chi connectivity index (χ0n) is 9.21. The van der Waals surface area contributed by atoms with Crippen LogP contribution < -0.4 is 11.5 Å². The molecule has 0 bridgehead atoms. The highest BCUT2D eigenvalue weighted by molar-refractivity contribution is 5.57. The van der Waals surface area contributed by atoms with Gasteiger partial charge in [-0.2, -0.15) is 0 Å². The van der Waals surface area contributed by atoms with E-state index in [0.717, 1.165) is 0 Å². The Morgan fingerprint density at radius 1 is 1.33 bits per heavy atom. The van der Waals surface area contributed by atoms with Crippen LogP contribution in [0.25, 0.3) is 0 Å². The molecule has 0 amide bonds. The molecule has 0 heterocycles. The molecule has 0 aliphatic heterocycles. The molecule has 0 unspecified atom stereocenters. The summed E-state index contributed by atoms with van der Waals surface area (Å²) in [7, 11) is 0. The fourth-order valence-electron chi connectivity index (χ4n) is 1.32. The lowest BCUT2D eigenvalue weighted by Crippen LogP contribution is -2.26. The summed E-state index contributed by atoms with van der Waals surface area (Å²) in [6, 6.07) is 2.30. The number of benzene rings is 1. The molecule has 0 radical (unpaired) electrons. The highest BCUT2D eigenvalue weighted by atomic mass is 19.1. The van der Waals surface area contributed by atoms with Crippen molar-refractivity contribution >= 4 is 5.69 Å². The molecule has 0 spiro atoms. The second-order valence-electron chi connectivity index (χ2n) is 4.74. The van der Waals surface area contributed by atoms with Gasteiger partial charge in [0.15, 0.2) is 0 Å². The van der Waals surface area contributed by atoms with Crippen LogP contribution in [0.2, 0.25) is 0 Å². The predicted octanol–water partition coefficient (Wildman–Crippen LogP) is 2.16. The monoisotopic (exact) mass is 212 g/mol. The molecule has 3 nitrogen and oxygen atoms in total. The van der Waals surface area contributed by atoms with Crippen molar-refractivity contribution in [2.75, 3.05) is 5.73 Å². The Balaban J connectivity index is 3.23. The van der Waals surface area contributed by atoms with Crippen LogP contribution >= 0.6 is 0 Å². The second-order valence-corrected chi connectivity index (χ2v) is 4.74. The third-order valence-corrected chi connectivity index (χ3v) is 2.46. The standard InChI is InChI=1S/C11H17FN2O/c1-11(2,3)10(14)6-4-5-7(12)8(13)9(6)15/h4-5,10,15H,13-14H2,1-3H3/t10-/m0/s1. The van der Waals surface area contributed by atoms with E-state index in [2.05, 4.69) is 0 Å². The number of hydrogen-bond acceptors (Lipinski definition) is 3. The first-order valence-corrected chi connectivity index (χ1v) is 4.77. The maximum atomic E-state index is 13.0. The largest absolute Gasteiger partial charge is 0.505 e. The van der Waals surface area contributed by atoms with Gasteiger partial charge >= 0.3 is 0 Å². The Morgan fingerprint density at radius 2 is 1.87 bits per heavy atom. The summed E-state index contributed by atoms with van der Waals surface area (Å²) in [5, 5.41) is 9.67. The van der Waals surface area contributed by atoms with Crippen molar-refractivity contribution in [1.82, 2.24) is 0 Å². The first-order chi connectivity index (χ1) is 6.75. The van der Waals surface area contributed by atoms with Crippen LogP contribution in [0, 0.1) is 11.2 Å². The van der Waals surface area contributed by atoms with E-state index in [1.165, 1.54) is 12.1 Å². The van der Waals surface area contributed by atoms with Gasteiger partial charge in [0.25, 0.3) is 0 Å². The van der Waals surface area contributed by atoms with Gasteiger partial charge in [-0.1, -0.05) is 26.8 Å². The second kappa shape index (κ2) is 3.70. The Bertz CT molecular complexity index is 372. The lowest BCUT2D eigenvalue weighted by Gasteiger charge is -2.28. The number of hydrogen-bond donors (Lipinski definition) is 3. The van der Waals surface area contributed by atoms with Crippen LogP contribution in [-0.2, 0) is 0 Å². The van der Waals surface area contributed by atoms with E-state index in [1.807, 2.05) is 20.8 Å². The smallest absolute Gasteiger partial charge is 0.149 e. The third kappa shape index (κ3) is 2.21. The van der Waals surface area contributed by atoms with Crippen LogP contribution in [0.5, 0.6) is 5.75 Å². The molecule has 15 heavy (non-hydrogen) atoms. The highest BCUT2D eigenvalue weighted by Crippen LogP contribution is 2.38. The van der Waals surface area contributed by atoms with Gasteiger partial charge in [0.2, 0.25) is 0 Å². The van der Waals surface area contributed by atoms with E-state index in [9.17, 15) is 9.50 Å². The minimum Gasteiger partial charge on any atom is -0.505 e. The Kier molecular flexibility index (Phi) is 2.90. The zero-order chi connectivity index (χ0) is 11.8. The number of rotatable bonds is 1. The van der Waals surface area contributed by atoms with Crippen LogP contribution in [0.15, 0.2) is 12.1 Å². The molecule has 0 saturated carbocycles. The topological polar surface area (TPSA) is 72.3 Å². The Morgan fingerprint density at radius 3 is 2.33 bits per heavy atom. The number of halogens is 1. The van der Waals surface area contributed by atoms with Gasteiger partial charge in [0, 0.05) is 11.6 Å². The molecule has 1 rings (SSSR count). The summed E-state index contributed by atoms with van der Waals surface area (Å²) in [6.45, 7) is 5.82. The SMILES string of the molecule is CC(C)(C)[C@@H](N)c1ccc(F)c(N)c1O.